The molecule has 1 saturated heterocycles. The lowest BCUT2D eigenvalue weighted by Gasteiger charge is -2.35. The van der Waals surface area contributed by atoms with Crippen molar-refractivity contribution in [3.63, 3.8) is 0 Å². The molecule has 2 aromatic carbocycles. The summed E-state index contributed by atoms with van der Waals surface area (Å²) in [7, 11) is 0. The molecule has 0 aliphatic carbocycles. The minimum Gasteiger partial charge on any atom is -0.360 e. The number of halogens is 1. The number of aryl methyl sites for hydroxylation is 1. The molecule has 0 unspecified atom stereocenters. The number of piperazine rings is 1. The Morgan fingerprint density at radius 3 is 2.64 bits per heavy atom. The van der Waals surface area contributed by atoms with Crippen LogP contribution in [-0.4, -0.2) is 35.4 Å². The normalized spacial score (nSPS) is 14.7. The predicted octanol–water partition coefficient (Wildman–Crippen LogP) is 2.89. The predicted molar refractivity (Wildman–Crippen MR) is 91.9 cm³/mol. The molecule has 2 aromatic rings. The highest BCUT2D eigenvalue weighted by atomic mass is 19.1. The van der Waals surface area contributed by atoms with Gasteiger partial charge in [-0.3, -0.25) is 14.9 Å². The standard InChI is InChI=1S/C18H18FN3O3/c1-13-9-16(5-6-17(13)22(24)25)20-7-8-21(18(23)12-20)11-14-3-2-4-15(19)10-14/h2-6,9-10H,7-8,11-12H2,1H3. The van der Waals surface area contributed by atoms with Crippen molar-refractivity contribution in [2.45, 2.75) is 13.5 Å². The number of nitrogens with zero attached hydrogens (tertiary/aromatic N) is 3. The first-order valence-corrected chi connectivity index (χ1v) is 7.96. The third-order valence-electron chi connectivity index (χ3n) is 4.32. The van der Waals surface area contributed by atoms with E-state index in [-0.39, 0.29) is 24.0 Å². The number of hydrogen-bond donors (Lipinski definition) is 0. The van der Waals surface area contributed by atoms with Crippen LogP contribution in [0.5, 0.6) is 0 Å². The Bertz CT molecular complexity index is 825. The van der Waals surface area contributed by atoms with Crippen molar-refractivity contribution in [3.8, 4) is 0 Å². The number of benzene rings is 2. The average Bonchev–Trinajstić information content (AvgIpc) is 2.56. The topological polar surface area (TPSA) is 66.7 Å². The van der Waals surface area contributed by atoms with Crippen molar-refractivity contribution in [1.29, 1.82) is 0 Å². The highest BCUT2D eigenvalue weighted by molar-refractivity contribution is 5.83. The van der Waals surface area contributed by atoms with E-state index >= 15 is 0 Å². The van der Waals surface area contributed by atoms with Crippen LogP contribution in [0.4, 0.5) is 15.8 Å². The SMILES string of the molecule is Cc1cc(N2CCN(Cc3cccc(F)c3)C(=O)C2)ccc1[N+](=O)[O-]. The number of hydrogen-bond acceptors (Lipinski definition) is 4. The molecule has 0 spiro atoms. The van der Waals surface area contributed by atoms with Gasteiger partial charge in [-0.1, -0.05) is 12.1 Å². The highest BCUT2D eigenvalue weighted by Crippen LogP contribution is 2.25. The largest absolute Gasteiger partial charge is 0.360 e. The summed E-state index contributed by atoms with van der Waals surface area (Å²) < 4.78 is 13.3. The van der Waals surface area contributed by atoms with Crippen LogP contribution in [0.1, 0.15) is 11.1 Å². The molecule has 6 nitrogen and oxygen atoms in total. The summed E-state index contributed by atoms with van der Waals surface area (Å²) >= 11 is 0. The zero-order valence-electron chi connectivity index (χ0n) is 13.8. The van der Waals surface area contributed by atoms with Crippen molar-refractivity contribution in [2.24, 2.45) is 0 Å². The second kappa shape index (κ2) is 6.88. The fourth-order valence-corrected chi connectivity index (χ4v) is 2.99. The van der Waals surface area contributed by atoms with Gasteiger partial charge in [-0.2, -0.15) is 0 Å². The number of carbonyl (C=O) groups excluding carboxylic acids is 1. The summed E-state index contributed by atoms with van der Waals surface area (Å²) in [6, 6.07) is 11.1. The van der Waals surface area contributed by atoms with Gasteiger partial charge in [0.1, 0.15) is 5.82 Å². The van der Waals surface area contributed by atoms with E-state index in [0.717, 1.165) is 11.3 Å². The highest BCUT2D eigenvalue weighted by Gasteiger charge is 2.25. The molecule has 0 radical (unpaired) electrons. The van der Waals surface area contributed by atoms with Crippen LogP contribution in [0, 0.1) is 22.9 Å². The molecule has 1 aliphatic rings. The molecular weight excluding hydrogens is 325 g/mol. The number of nitro benzene ring substituents is 1. The summed E-state index contributed by atoms with van der Waals surface area (Å²) in [6.07, 6.45) is 0. The molecular formula is C18H18FN3O3. The smallest absolute Gasteiger partial charge is 0.272 e. The number of nitro groups is 1. The lowest BCUT2D eigenvalue weighted by atomic mass is 10.1. The maximum Gasteiger partial charge on any atom is 0.272 e. The third kappa shape index (κ3) is 3.76. The number of amides is 1. The van der Waals surface area contributed by atoms with E-state index < -0.39 is 4.92 Å². The minimum atomic E-state index is -0.415. The number of carbonyl (C=O) groups is 1. The molecule has 1 aliphatic heterocycles. The van der Waals surface area contributed by atoms with E-state index in [1.54, 1.807) is 36.1 Å². The average molecular weight is 343 g/mol. The molecule has 3 rings (SSSR count). The molecule has 0 atom stereocenters. The summed E-state index contributed by atoms with van der Waals surface area (Å²) in [5.74, 6) is -0.364. The van der Waals surface area contributed by atoms with Gasteiger partial charge in [0.05, 0.1) is 11.5 Å². The second-order valence-electron chi connectivity index (χ2n) is 6.09. The lowest BCUT2D eigenvalue weighted by Crippen LogP contribution is -2.50. The third-order valence-corrected chi connectivity index (χ3v) is 4.32. The quantitative estimate of drug-likeness (QED) is 0.632. The van der Waals surface area contributed by atoms with Gasteiger partial charge in [0.25, 0.3) is 5.69 Å². The molecule has 0 bridgehead atoms. The van der Waals surface area contributed by atoms with E-state index in [2.05, 4.69) is 0 Å². The molecule has 7 heteroatoms. The van der Waals surface area contributed by atoms with Gasteiger partial charge in [0.2, 0.25) is 5.91 Å². The van der Waals surface area contributed by atoms with Crippen LogP contribution in [0.2, 0.25) is 0 Å². The first-order chi connectivity index (χ1) is 11.9. The minimum absolute atomic E-state index is 0.0495. The molecule has 0 saturated carbocycles. The van der Waals surface area contributed by atoms with Gasteiger partial charge in [-0.15, -0.1) is 0 Å². The summed E-state index contributed by atoms with van der Waals surface area (Å²) in [5, 5.41) is 10.9. The summed E-state index contributed by atoms with van der Waals surface area (Å²) in [5.41, 5.74) is 2.19. The summed E-state index contributed by atoms with van der Waals surface area (Å²) in [6.45, 7) is 3.41. The molecule has 130 valence electrons. The Morgan fingerprint density at radius 2 is 2.00 bits per heavy atom. The first kappa shape index (κ1) is 16.9. The summed E-state index contributed by atoms with van der Waals surface area (Å²) in [4.78, 5) is 26.5. The molecule has 25 heavy (non-hydrogen) atoms. The second-order valence-corrected chi connectivity index (χ2v) is 6.09. The molecule has 0 aromatic heterocycles. The molecule has 1 fully saturated rings. The van der Waals surface area contributed by atoms with Gasteiger partial charge < -0.3 is 9.80 Å². The number of rotatable bonds is 4. The molecule has 0 N–H and O–H groups in total. The Hall–Kier alpha value is -2.96. The van der Waals surface area contributed by atoms with Gasteiger partial charge in [-0.05, 0) is 36.8 Å². The number of anilines is 1. The van der Waals surface area contributed by atoms with Crippen molar-refractivity contribution in [2.75, 3.05) is 24.5 Å². The van der Waals surface area contributed by atoms with Crippen LogP contribution >= 0.6 is 0 Å². The Labute approximate surface area is 144 Å². The van der Waals surface area contributed by atoms with E-state index in [1.807, 2.05) is 4.90 Å². The van der Waals surface area contributed by atoms with Crippen LogP contribution in [0.15, 0.2) is 42.5 Å². The zero-order chi connectivity index (χ0) is 18.0. The van der Waals surface area contributed by atoms with Gasteiger partial charge in [0.15, 0.2) is 0 Å². The van der Waals surface area contributed by atoms with Crippen molar-refractivity contribution < 1.29 is 14.1 Å². The maximum atomic E-state index is 13.3. The van der Waals surface area contributed by atoms with Crippen LogP contribution in [0.3, 0.4) is 0 Å². The Morgan fingerprint density at radius 1 is 1.20 bits per heavy atom. The van der Waals surface area contributed by atoms with Crippen LogP contribution in [0.25, 0.3) is 0 Å². The van der Waals surface area contributed by atoms with E-state index in [1.165, 1.54) is 18.2 Å². The Kier molecular flexibility index (Phi) is 4.65. The van der Waals surface area contributed by atoms with Gasteiger partial charge in [0, 0.05) is 37.0 Å². The van der Waals surface area contributed by atoms with E-state index in [9.17, 15) is 19.3 Å². The van der Waals surface area contributed by atoms with E-state index in [4.69, 9.17) is 0 Å². The van der Waals surface area contributed by atoms with Crippen LogP contribution < -0.4 is 4.90 Å². The van der Waals surface area contributed by atoms with E-state index in [0.29, 0.717) is 25.2 Å². The van der Waals surface area contributed by atoms with Gasteiger partial charge >= 0.3 is 0 Å². The van der Waals surface area contributed by atoms with Crippen molar-refractivity contribution in [3.05, 3.63) is 69.5 Å². The molecule has 1 heterocycles. The van der Waals surface area contributed by atoms with Gasteiger partial charge in [-0.25, -0.2) is 4.39 Å². The molecule has 1 amide bonds. The monoisotopic (exact) mass is 343 g/mol. The zero-order valence-corrected chi connectivity index (χ0v) is 13.8. The van der Waals surface area contributed by atoms with Crippen LogP contribution in [-0.2, 0) is 11.3 Å². The Balaban J connectivity index is 1.68. The fraction of sp³-hybridized carbons (Fsp3) is 0.278. The van der Waals surface area contributed by atoms with Crippen molar-refractivity contribution in [1.82, 2.24) is 4.90 Å². The lowest BCUT2D eigenvalue weighted by molar-refractivity contribution is -0.385. The maximum absolute atomic E-state index is 13.3. The first-order valence-electron chi connectivity index (χ1n) is 7.96. The fourth-order valence-electron chi connectivity index (χ4n) is 2.99. The van der Waals surface area contributed by atoms with Crippen molar-refractivity contribution >= 4 is 17.3 Å².